The summed E-state index contributed by atoms with van der Waals surface area (Å²) in [7, 11) is 0. The van der Waals surface area contributed by atoms with Crippen molar-refractivity contribution in [1.29, 1.82) is 0 Å². The van der Waals surface area contributed by atoms with Crippen LogP contribution in [0.4, 0.5) is 0 Å². The quantitative estimate of drug-likeness (QED) is 0.526. The zero-order valence-electron chi connectivity index (χ0n) is 10.6. The van der Waals surface area contributed by atoms with Crippen molar-refractivity contribution in [2.24, 2.45) is 0 Å². The summed E-state index contributed by atoms with van der Waals surface area (Å²) in [5.74, 6) is 0. The molecule has 4 aromatic heterocycles. The van der Waals surface area contributed by atoms with Gasteiger partial charge in [0.1, 0.15) is 0 Å². The highest BCUT2D eigenvalue weighted by Gasteiger charge is 2.04. The molecule has 0 amide bonds. The van der Waals surface area contributed by atoms with E-state index in [0.717, 1.165) is 33.3 Å². The fourth-order valence-electron chi connectivity index (χ4n) is 2.21. The Balaban J connectivity index is 1.91. The van der Waals surface area contributed by atoms with Crippen molar-refractivity contribution >= 4 is 22.1 Å². The molecule has 0 N–H and O–H groups in total. The zero-order chi connectivity index (χ0) is 13.4. The van der Waals surface area contributed by atoms with Gasteiger partial charge in [0.15, 0.2) is 5.65 Å². The van der Waals surface area contributed by atoms with E-state index in [0.29, 0.717) is 0 Å². The topological polar surface area (TPSA) is 51.6 Å². The minimum Gasteiger partial charge on any atom is -0.255 e. The summed E-state index contributed by atoms with van der Waals surface area (Å²) in [6.07, 6.45) is 5.34. The van der Waals surface area contributed by atoms with Crippen molar-refractivity contribution in [2.45, 2.75) is 0 Å². The molecule has 4 heteroatoms. The highest BCUT2D eigenvalue weighted by molar-refractivity contribution is 5.82. The van der Waals surface area contributed by atoms with Crippen LogP contribution >= 0.6 is 0 Å². The van der Waals surface area contributed by atoms with Crippen LogP contribution < -0.4 is 0 Å². The minimum absolute atomic E-state index is 0.742. The van der Waals surface area contributed by atoms with Gasteiger partial charge in [-0.1, -0.05) is 0 Å². The first kappa shape index (κ1) is 11.0. The number of hydrogen-bond donors (Lipinski definition) is 0. The summed E-state index contributed by atoms with van der Waals surface area (Å²) in [5, 5.41) is 1.03. The Labute approximate surface area is 115 Å². The van der Waals surface area contributed by atoms with E-state index in [-0.39, 0.29) is 0 Å². The molecular formula is C16H10N4. The van der Waals surface area contributed by atoms with E-state index in [4.69, 9.17) is 0 Å². The average molecular weight is 258 g/mol. The Morgan fingerprint density at radius 3 is 2.65 bits per heavy atom. The van der Waals surface area contributed by atoms with E-state index >= 15 is 0 Å². The molecule has 20 heavy (non-hydrogen) atoms. The summed E-state index contributed by atoms with van der Waals surface area (Å²) in [4.78, 5) is 17.6. The number of nitrogens with zero attached hydrogens (tertiary/aromatic N) is 4. The maximum absolute atomic E-state index is 4.57. The molecule has 94 valence electrons. The summed E-state index contributed by atoms with van der Waals surface area (Å²) < 4.78 is 0. The highest BCUT2D eigenvalue weighted by atomic mass is 14.8. The summed E-state index contributed by atoms with van der Waals surface area (Å²) in [5.41, 5.74) is 4.30. The maximum atomic E-state index is 4.57. The van der Waals surface area contributed by atoms with Crippen LogP contribution in [-0.2, 0) is 0 Å². The molecule has 0 saturated carbocycles. The second kappa shape index (κ2) is 4.35. The lowest BCUT2D eigenvalue weighted by Gasteiger charge is -2.03. The normalized spacial score (nSPS) is 11.0. The van der Waals surface area contributed by atoms with Gasteiger partial charge in [-0.25, -0.2) is 9.97 Å². The highest BCUT2D eigenvalue weighted by Crippen LogP contribution is 2.21. The van der Waals surface area contributed by atoms with Crippen LogP contribution in [0.15, 0.2) is 61.1 Å². The summed E-state index contributed by atoms with van der Waals surface area (Å²) >= 11 is 0. The summed E-state index contributed by atoms with van der Waals surface area (Å²) in [6, 6.07) is 13.7. The lowest BCUT2D eigenvalue weighted by atomic mass is 10.1. The van der Waals surface area contributed by atoms with E-state index in [1.165, 1.54) is 0 Å². The van der Waals surface area contributed by atoms with Crippen molar-refractivity contribution in [3.05, 3.63) is 61.1 Å². The van der Waals surface area contributed by atoms with Gasteiger partial charge in [-0.2, -0.15) is 0 Å². The van der Waals surface area contributed by atoms with Gasteiger partial charge in [-0.15, -0.1) is 0 Å². The predicted molar refractivity (Wildman–Crippen MR) is 78.1 cm³/mol. The molecule has 4 nitrogen and oxygen atoms in total. The molecule has 0 aliphatic heterocycles. The molecule has 0 aliphatic rings. The number of rotatable bonds is 1. The largest absolute Gasteiger partial charge is 0.255 e. The fraction of sp³-hybridized carbons (Fsp3) is 0. The van der Waals surface area contributed by atoms with Crippen molar-refractivity contribution in [3.63, 3.8) is 0 Å². The van der Waals surface area contributed by atoms with Crippen molar-refractivity contribution < 1.29 is 0 Å². The molecule has 0 bridgehead atoms. The van der Waals surface area contributed by atoms with E-state index in [1.54, 1.807) is 12.4 Å². The van der Waals surface area contributed by atoms with Crippen LogP contribution in [0.5, 0.6) is 0 Å². The Kier molecular flexibility index (Phi) is 2.39. The van der Waals surface area contributed by atoms with Crippen LogP contribution in [0, 0.1) is 0 Å². The van der Waals surface area contributed by atoms with Gasteiger partial charge in [-0.3, -0.25) is 9.97 Å². The van der Waals surface area contributed by atoms with E-state index in [9.17, 15) is 0 Å². The molecule has 0 aromatic carbocycles. The van der Waals surface area contributed by atoms with Crippen LogP contribution in [0.2, 0.25) is 0 Å². The number of aromatic nitrogens is 4. The summed E-state index contributed by atoms with van der Waals surface area (Å²) in [6.45, 7) is 0. The maximum Gasteiger partial charge on any atom is 0.159 e. The average Bonchev–Trinajstić information content (AvgIpc) is 2.54. The Morgan fingerprint density at radius 1 is 0.750 bits per heavy atom. The lowest BCUT2D eigenvalue weighted by Crippen LogP contribution is -1.89. The third kappa shape index (κ3) is 1.78. The van der Waals surface area contributed by atoms with Gasteiger partial charge in [0.2, 0.25) is 0 Å². The Bertz CT molecular complexity index is 841. The number of hydrogen-bond acceptors (Lipinski definition) is 4. The van der Waals surface area contributed by atoms with E-state index in [1.807, 2.05) is 48.7 Å². The van der Waals surface area contributed by atoms with Crippen molar-refractivity contribution in [2.75, 3.05) is 0 Å². The lowest BCUT2D eigenvalue weighted by molar-refractivity contribution is 1.27. The van der Waals surface area contributed by atoms with Gasteiger partial charge < -0.3 is 0 Å². The first-order valence-electron chi connectivity index (χ1n) is 6.33. The molecule has 0 unspecified atom stereocenters. The van der Waals surface area contributed by atoms with Crippen molar-refractivity contribution in [1.82, 2.24) is 19.9 Å². The van der Waals surface area contributed by atoms with E-state index < -0.39 is 0 Å². The molecule has 0 spiro atoms. The first-order valence-corrected chi connectivity index (χ1v) is 6.33. The van der Waals surface area contributed by atoms with Crippen LogP contribution in [0.1, 0.15) is 0 Å². The molecule has 4 aromatic rings. The Morgan fingerprint density at radius 2 is 1.65 bits per heavy atom. The molecule has 0 saturated heterocycles. The van der Waals surface area contributed by atoms with Gasteiger partial charge >= 0.3 is 0 Å². The standard InChI is InChI=1S/C16H10N4/c1-3-11-5-6-13(20-16(11)18-8-1)12-9-15-14(19-10-12)4-2-7-17-15/h1-10H. The molecular weight excluding hydrogens is 248 g/mol. The zero-order valence-corrected chi connectivity index (χ0v) is 10.6. The van der Waals surface area contributed by atoms with Crippen LogP contribution in [0.25, 0.3) is 33.3 Å². The first-order chi connectivity index (χ1) is 9.90. The molecule has 4 rings (SSSR count). The number of pyridine rings is 4. The SMILES string of the molecule is c1cnc2nc(-c3cnc4cccnc4c3)ccc2c1. The minimum atomic E-state index is 0.742. The number of fused-ring (bicyclic) bond motifs is 2. The third-order valence-corrected chi connectivity index (χ3v) is 3.21. The molecule has 0 radical (unpaired) electrons. The third-order valence-electron chi connectivity index (χ3n) is 3.21. The Hall–Kier alpha value is -2.88. The van der Waals surface area contributed by atoms with Gasteiger partial charge in [0.25, 0.3) is 0 Å². The second-order valence-electron chi connectivity index (χ2n) is 4.51. The van der Waals surface area contributed by atoms with Gasteiger partial charge in [0.05, 0.1) is 16.7 Å². The van der Waals surface area contributed by atoms with Gasteiger partial charge in [-0.05, 0) is 42.5 Å². The predicted octanol–water partition coefficient (Wildman–Crippen LogP) is 3.24. The molecule has 0 fully saturated rings. The monoisotopic (exact) mass is 258 g/mol. The van der Waals surface area contributed by atoms with Crippen LogP contribution in [0.3, 0.4) is 0 Å². The molecule has 4 heterocycles. The van der Waals surface area contributed by atoms with E-state index in [2.05, 4.69) is 19.9 Å². The van der Waals surface area contributed by atoms with Gasteiger partial charge in [0, 0.05) is 29.5 Å². The molecule has 0 atom stereocenters. The molecule has 0 aliphatic carbocycles. The fourth-order valence-corrected chi connectivity index (χ4v) is 2.21. The smallest absolute Gasteiger partial charge is 0.159 e. The van der Waals surface area contributed by atoms with Crippen molar-refractivity contribution in [3.8, 4) is 11.3 Å². The van der Waals surface area contributed by atoms with Crippen LogP contribution in [-0.4, -0.2) is 19.9 Å². The second-order valence-corrected chi connectivity index (χ2v) is 4.51.